The molecule has 0 bridgehead atoms. The van der Waals surface area contributed by atoms with Gasteiger partial charge in [-0.05, 0) is 39.2 Å². The molecule has 1 aromatic rings. The van der Waals surface area contributed by atoms with Gasteiger partial charge < -0.3 is 4.74 Å². The maximum atomic E-state index is 12.0. The second kappa shape index (κ2) is 5.74. The molecule has 0 spiro atoms. The Morgan fingerprint density at radius 1 is 1.32 bits per heavy atom. The van der Waals surface area contributed by atoms with Crippen molar-refractivity contribution < 1.29 is 9.53 Å². The van der Waals surface area contributed by atoms with E-state index in [4.69, 9.17) is 4.74 Å². The molecule has 1 aliphatic heterocycles. The van der Waals surface area contributed by atoms with E-state index in [0.717, 1.165) is 25.9 Å². The van der Waals surface area contributed by atoms with Crippen LogP contribution in [0.4, 0.5) is 0 Å². The number of nitrogens with zero attached hydrogens (tertiary/aromatic N) is 1. The van der Waals surface area contributed by atoms with Gasteiger partial charge in [0.2, 0.25) is 0 Å². The van der Waals surface area contributed by atoms with Crippen LogP contribution in [0.5, 0.6) is 0 Å². The Balaban J connectivity index is 1.81. The summed E-state index contributed by atoms with van der Waals surface area (Å²) in [6.07, 6.45) is 1.91. The maximum Gasteiger partial charge on any atom is 0.323 e. The molecule has 0 saturated carbocycles. The van der Waals surface area contributed by atoms with Gasteiger partial charge in [0.05, 0.1) is 0 Å². The first-order valence-corrected chi connectivity index (χ1v) is 6.96. The lowest BCUT2D eigenvalue weighted by Gasteiger charge is -2.40. The summed E-state index contributed by atoms with van der Waals surface area (Å²) < 4.78 is 5.44. The van der Waals surface area contributed by atoms with Crippen LogP contribution in [0, 0.1) is 0 Å². The Kier molecular flexibility index (Phi) is 4.25. The fraction of sp³-hybridized carbons (Fsp3) is 0.562. The molecule has 0 aromatic heterocycles. The van der Waals surface area contributed by atoms with Crippen LogP contribution < -0.4 is 0 Å². The number of likely N-dealkylation sites (tertiary alicyclic amines) is 1. The van der Waals surface area contributed by atoms with E-state index >= 15 is 0 Å². The Morgan fingerprint density at radius 2 is 2.00 bits per heavy atom. The summed E-state index contributed by atoms with van der Waals surface area (Å²) in [4.78, 5) is 14.2. The van der Waals surface area contributed by atoms with Gasteiger partial charge in [-0.1, -0.05) is 30.3 Å². The minimum Gasteiger partial charge on any atom is -0.459 e. The van der Waals surface area contributed by atoms with Crippen molar-refractivity contribution in [2.75, 3.05) is 13.1 Å². The van der Waals surface area contributed by atoms with Crippen LogP contribution in [0.25, 0.3) is 0 Å². The normalized spacial score (nSPS) is 19.8. The third-order valence-electron chi connectivity index (χ3n) is 3.34. The standard InChI is InChI=1S/C16H23NO2/c1-16(2,3)19-15(18)14-10-12-17(14)11-9-13-7-5-4-6-8-13/h4-8,14H,9-12H2,1-3H3/t14-/m0/s1. The molecular weight excluding hydrogens is 238 g/mol. The fourth-order valence-electron chi connectivity index (χ4n) is 2.26. The molecule has 104 valence electrons. The Labute approximate surface area is 115 Å². The van der Waals surface area contributed by atoms with Gasteiger partial charge in [-0.25, -0.2) is 0 Å². The van der Waals surface area contributed by atoms with Crippen LogP contribution >= 0.6 is 0 Å². The Hall–Kier alpha value is -1.35. The van der Waals surface area contributed by atoms with Crippen molar-refractivity contribution in [3.63, 3.8) is 0 Å². The van der Waals surface area contributed by atoms with E-state index in [2.05, 4.69) is 29.2 Å². The summed E-state index contributed by atoms with van der Waals surface area (Å²) >= 11 is 0. The topological polar surface area (TPSA) is 29.5 Å². The van der Waals surface area contributed by atoms with Gasteiger partial charge >= 0.3 is 5.97 Å². The van der Waals surface area contributed by atoms with E-state index < -0.39 is 5.60 Å². The molecule has 1 fully saturated rings. The van der Waals surface area contributed by atoms with Gasteiger partial charge in [0.1, 0.15) is 11.6 Å². The van der Waals surface area contributed by atoms with Gasteiger partial charge in [-0.15, -0.1) is 0 Å². The van der Waals surface area contributed by atoms with E-state index in [0.29, 0.717) is 0 Å². The lowest BCUT2D eigenvalue weighted by Crippen LogP contribution is -2.54. The number of carbonyl (C=O) groups excluding carboxylic acids is 1. The van der Waals surface area contributed by atoms with Crippen molar-refractivity contribution in [3.05, 3.63) is 35.9 Å². The van der Waals surface area contributed by atoms with Crippen molar-refractivity contribution in [1.29, 1.82) is 0 Å². The Morgan fingerprint density at radius 3 is 2.53 bits per heavy atom. The maximum absolute atomic E-state index is 12.0. The van der Waals surface area contributed by atoms with Crippen LogP contribution in [0.15, 0.2) is 30.3 Å². The number of hydrogen-bond donors (Lipinski definition) is 0. The first-order chi connectivity index (χ1) is 8.96. The highest BCUT2D eigenvalue weighted by Crippen LogP contribution is 2.21. The summed E-state index contributed by atoms with van der Waals surface area (Å²) in [6, 6.07) is 10.3. The number of carbonyl (C=O) groups is 1. The second-order valence-corrected chi connectivity index (χ2v) is 6.11. The molecule has 0 radical (unpaired) electrons. The van der Waals surface area contributed by atoms with E-state index in [-0.39, 0.29) is 12.0 Å². The highest BCUT2D eigenvalue weighted by atomic mass is 16.6. The molecular formula is C16H23NO2. The van der Waals surface area contributed by atoms with E-state index in [1.165, 1.54) is 5.56 Å². The first kappa shape index (κ1) is 14.1. The molecule has 1 aromatic carbocycles. The van der Waals surface area contributed by atoms with Crippen molar-refractivity contribution in [3.8, 4) is 0 Å². The number of esters is 1. The molecule has 1 saturated heterocycles. The van der Waals surface area contributed by atoms with Crippen molar-refractivity contribution in [1.82, 2.24) is 4.90 Å². The highest BCUT2D eigenvalue weighted by Gasteiger charge is 2.36. The number of benzene rings is 1. The average Bonchev–Trinajstić information content (AvgIpc) is 2.26. The highest BCUT2D eigenvalue weighted by molar-refractivity contribution is 5.77. The number of ether oxygens (including phenoxy) is 1. The van der Waals surface area contributed by atoms with Gasteiger partial charge in [-0.2, -0.15) is 0 Å². The second-order valence-electron chi connectivity index (χ2n) is 6.11. The molecule has 2 rings (SSSR count). The van der Waals surface area contributed by atoms with Crippen molar-refractivity contribution >= 4 is 5.97 Å². The number of hydrogen-bond acceptors (Lipinski definition) is 3. The predicted octanol–water partition coefficient (Wildman–Crippen LogP) is 2.65. The van der Waals surface area contributed by atoms with Crippen LogP contribution in [-0.4, -0.2) is 35.6 Å². The third-order valence-corrected chi connectivity index (χ3v) is 3.34. The fourth-order valence-corrected chi connectivity index (χ4v) is 2.26. The van der Waals surface area contributed by atoms with Crippen LogP contribution in [-0.2, 0) is 16.0 Å². The first-order valence-electron chi connectivity index (χ1n) is 6.96. The monoisotopic (exact) mass is 261 g/mol. The average molecular weight is 261 g/mol. The number of rotatable bonds is 4. The molecule has 1 aliphatic rings. The van der Waals surface area contributed by atoms with Crippen molar-refractivity contribution in [2.24, 2.45) is 0 Å². The largest absolute Gasteiger partial charge is 0.459 e. The lowest BCUT2D eigenvalue weighted by molar-refractivity contribution is -0.166. The minimum atomic E-state index is -0.391. The smallest absolute Gasteiger partial charge is 0.323 e. The molecule has 1 atom stereocenters. The molecule has 0 unspecified atom stereocenters. The van der Waals surface area contributed by atoms with Crippen LogP contribution in [0.2, 0.25) is 0 Å². The summed E-state index contributed by atoms with van der Waals surface area (Å²) in [7, 11) is 0. The van der Waals surface area contributed by atoms with Gasteiger partial charge in [0, 0.05) is 13.1 Å². The molecule has 0 aliphatic carbocycles. The van der Waals surface area contributed by atoms with Gasteiger partial charge in [0.25, 0.3) is 0 Å². The van der Waals surface area contributed by atoms with Gasteiger partial charge in [0.15, 0.2) is 0 Å². The molecule has 3 nitrogen and oxygen atoms in total. The minimum absolute atomic E-state index is 0.0389. The van der Waals surface area contributed by atoms with Crippen LogP contribution in [0.3, 0.4) is 0 Å². The summed E-state index contributed by atoms with van der Waals surface area (Å²) in [6.45, 7) is 7.66. The quantitative estimate of drug-likeness (QED) is 0.780. The summed E-state index contributed by atoms with van der Waals surface area (Å²) in [5.74, 6) is -0.0770. The molecule has 19 heavy (non-hydrogen) atoms. The zero-order chi connectivity index (χ0) is 13.9. The zero-order valence-electron chi connectivity index (χ0n) is 12.1. The summed E-state index contributed by atoms with van der Waals surface area (Å²) in [5.41, 5.74) is 0.926. The predicted molar refractivity (Wildman–Crippen MR) is 76.0 cm³/mol. The van der Waals surface area contributed by atoms with E-state index in [9.17, 15) is 4.79 Å². The summed E-state index contributed by atoms with van der Waals surface area (Å²) in [5, 5.41) is 0. The van der Waals surface area contributed by atoms with Crippen LogP contribution in [0.1, 0.15) is 32.8 Å². The lowest BCUT2D eigenvalue weighted by atomic mass is 10.0. The molecule has 3 heteroatoms. The molecule has 0 N–H and O–H groups in total. The Bertz CT molecular complexity index is 422. The zero-order valence-corrected chi connectivity index (χ0v) is 12.1. The van der Waals surface area contributed by atoms with E-state index in [1.54, 1.807) is 0 Å². The van der Waals surface area contributed by atoms with Gasteiger partial charge in [-0.3, -0.25) is 9.69 Å². The molecule has 0 amide bonds. The third kappa shape index (κ3) is 4.06. The molecule has 1 heterocycles. The SMILES string of the molecule is CC(C)(C)OC(=O)[C@@H]1CCN1CCc1ccccc1. The van der Waals surface area contributed by atoms with Crippen molar-refractivity contribution in [2.45, 2.75) is 45.3 Å². The van der Waals surface area contributed by atoms with E-state index in [1.807, 2.05) is 26.8 Å².